The van der Waals surface area contributed by atoms with Crippen molar-refractivity contribution in [2.45, 2.75) is 146 Å². The number of hydrogen-bond donors (Lipinski definition) is 16. The number of rotatable bonds is 33. The van der Waals surface area contributed by atoms with E-state index in [-0.39, 0.29) is 44.0 Å². The van der Waals surface area contributed by atoms with Crippen LogP contribution in [0.25, 0.3) is 0 Å². The third-order valence-corrected chi connectivity index (χ3v) is 11.9. The lowest BCUT2D eigenvalue weighted by atomic mass is 9.97. The van der Waals surface area contributed by atoms with E-state index in [1.807, 2.05) is 0 Å². The van der Waals surface area contributed by atoms with Crippen molar-refractivity contribution in [2.24, 2.45) is 17.4 Å². The number of aliphatic hydroxyl groups excluding tert-OH is 2. The van der Waals surface area contributed by atoms with Crippen molar-refractivity contribution >= 4 is 59.1 Å². The Kier molecular flexibility index (Phi) is 27.8. The van der Waals surface area contributed by atoms with Gasteiger partial charge in [0.25, 0.3) is 0 Å². The first-order valence-electron chi connectivity index (χ1n) is 24.2. The van der Waals surface area contributed by atoms with E-state index in [2.05, 4.69) is 53.2 Å². The number of carbonyl (C=O) groups excluding carboxylic acids is 9. The molecule has 0 spiro atoms. The molecule has 404 valence electrons. The zero-order valence-electron chi connectivity index (χ0n) is 41.4. The van der Waals surface area contributed by atoms with E-state index in [9.17, 15) is 68.4 Å². The molecule has 1 aromatic carbocycles. The van der Waals surface area contributed by atoms with Gasteiger partial charge in [-0.3, -0.25) is 43.2 Å². The van der Waals surface area contributed by atoms with E-state index in [1.54, 1.807) is 13.8 Å². The minimum absolute atomic E-state index is 0.0369. The molecule has 0 unspecified atom stereocenters. The summed E-state index contributed by atoms with van der Waals surface area (Å²) in [5.41, 5.74) is 11.8. The van der Waals surface area contributed by atoms with Crippen molar-refractivity contribution in [2.75, 3.05) is 39.4 Å². The highest BCUT2D eigenvalue weighted by Gasteiger charge is 2.35. The fourth-order valence-corrected chi connectivity index (χ4v) is 7.27. The number of nitrogens with one attached hydrogen (secondary N) is 10. The average molecular weight is 1020 g/mol. The Hall–Kier alpha value is -6.48. The van der Waals surface area contributed by atoms with Crippen molar-refractivity contribution in [3.63, 3.8) is 0 Å². The number of aromatic hydroxyl groups is 1. The molecule has 26 nitrogen and oxygen atoms in total. The number of amides is 9. The van der Waals surface area contributed by atoms with Crippen molar-refractivity contribution in [3.05, 3.63) is 29.8 Å². The van der Waals surface area contributed by atoms with Crippen LogP contribution in [-0.4, -0.2) is 173 Å². The number of carbonyl (C=O) groups is 10. The second kappa shape index (κ2) is 32.5. The molecule has 18 N–H and O–H groups in total. The van der Waals surface area contributed by atoms with E-state index in [0.717, 1.165) is 6.42 Å². The Morgan fingerprint density at radius 2 is 1.14 bits per heavy atom. The van der Waals surface area contributed by atoms with Crippen LogP contribution in [0.2, 0.25) is 0 Å². The number of benzene rings is 1. The molecule has 0 radical (unpaired) electrons. The van der Waals surface area contributed by atoms with Gasteiger partial charge >= 0.3 is 5.97 Å². The fourth-order valence-electron chi connectivity index (χ4n) is 7.27. The van der Waals surface area contributed by atoms with Crippen LogP contribution in [0.4, 0.5) is 0 Å². The number of carboxylic acids is 1. The summed E-state index contributed by atoms with van der Waals surface area (Å²) >= 11 is 0. The minimum Gasteiger partial charge on any atom is -0.508 e. The lowest BCUT2D eigenvalue weighted by molar-refractivity contribution is -0.143. The maximum atomic E-state index is 14.0. The van der Waals surface area contributed by atoms with E-state index in [0.29, 0.717) is 50.6 Å². The van der Waals surface area contributed by atoms with Crippen LogP contribution in [0, 0.1) is 5.92 Å². The standard InChI is InChI=1S/C46H76N12O14/c1-5-25(2)37(45(70)55-32(12-7-9-19-48)41(66)54-31(11-6-8-18-47)42(67)57-35(24-60)46(71)72)58-44(69)34(23-59)56-39(64)27(4)52-43(68)33(21-28-14-16-29(61)17-15-28)53-36(62)22-50-38(63)26(3)51-40(65)30-13-10-20-49-30/h14-17,25-27,30-35,37,49,59-61H,5-13,18-24,47-48H2,1-4H3,(H,50,63)(H,51,65)(H,52,68)(H,53,62)(H,54,66)(H,55,70)(H,56,64)(H,57,67)(H,58,69)(H,71,72)/t25-,26-,27-,30-,31-,32-,33-,34-,35-,37-/m0/s1. The third-order valence-electron chi connectivity index (χ3n) is 11.9. The van der Waals surface area contributed by atoms with Crippen molar-refractivity contribution in [1.82, 2.24) is 53.2 Å². The van der Waals surface area contributed by atoms with Gasteiger partial charge < -0.3 is 85.1 Å². The number of hydrogen-bond acceptors (Lipinski definition) is 16. The maximum Gasteiger partial charge on any atom is 0.328 e. The molecule has 9 amide bonds. The van der Waals surface area contributed by atoms with E-state index in [4.69, 9.17) is 11.5 Å². The van der Waals surface area contributed by atoms with Gasteiger partial charge in [-0.2, -0.15) is 0 Å². The Morgan fingerprint density at radius 1 is 0.625 bits per heavy atom. The molecule has 0 saturated carbocycles. The van der Waals surface area contributed by atoms with Crippen LogP contribution >= 0.6 is 0 Å². The molecule has 0 aliphatic carbocycles. The van der Waals surface area contributed by atoms with Gasteiger partial charge in [-0.05, 0) is 108 Å². The molecule has 1 heterocycles. The van der Waals surface area contributed by atoms with Crippen LogP contribution in [0.15, 0.2) is 24.3 Å². The number of aliphatic carboxylic acids is 1. The predicted octanol–water partition coefficient (Wildman–Crippen LogP) is -4.91. The summed E-state index contributed by atoms with van der Waals surface area (Å²) in [7, 11) is 0. The summed E-state index contributed by atoms with van der Waals surface area (Å²) in [5.74, 6) is -9.34. The number of phenolic OH excluding ortho intramolecular Hbond substituents is 1. The molecule has 1 saturated heterocycles. The molecule has 1 aromatic rings. The summed E-state index contributed by atoms with van der Waals surface area (Å²) in [5, 5.41) is 64.1. The summed E-state index contributed by atoms with van der Waals surface area (Å²) < 4.78 is 0. The summed E-state index contributed by atoms with van der Waals surface area (Å²) in [6.07, 6.45) is 3.31. The van der Waals surface area contributed by atoms with Gasteiger partial charge in [-0.25, -0.2) is 4.79 Å². The SMILES string of the molecule is CC[C@H](C)[C@H](NC(=O)[C@H](CO)NC(=O)[C@H](C)NC(=O)[C@H](Cc1ccc(O)cc1)NC(=O)CNC(=O)[C@H](C)NC(=O)[C@@H]1CCCN1)C(=O)N[C@@H](CCCCN)C(=O)N[C@@H](CCCCN)C(=O)N[C@@H](CO)C(=O)O. The second-order valence-corrected chi connectivity index (χ2v) is 17.7. The van der Waals surface area contributed by atoms with Crippen molar-refractivity contribution in [1.29, 1.82) is 0 Å². The summed E-state index contributed by atoms with van der Waals surface area (Å²) in [4.78, 5) is 131. The zero-order valence-corrected chi connectivity index (χ0v) is 41.4. The number of carboxylic acid groups (broad SMARTS) is 1. The van der Waals surface area contributed by atoms with Crippen molar-refractivity contribution in [3.8, 4) is 5.75 Å². The molecule has 26 heteroatoms. The Morgan fingerprint density at radius 3 is 1.65 bits per heavy atom. The van der Waals surface area contributed by atoms with Gasteiger partial charge in [-0.15, -0.1) is 0 Å². The van der Waals surface area contributed by atoms with E-state index < -0.39 is 133 Å². The first kappa shape index (κ1) is 61.6. The molecule has 0 aromatic heterocycles. The first-order valence-corrected chi connectivity index (χ1v) is 24.2. The monoisotopic (exact) mass is 1020 g/mol. The highest BCUT2D eigenvalue weighted by atomic mass is 16.4. The highest BCUT2D eigenvalue weighted by molar-refractivity contribution is 5.98. The topological polar surface area (TPSA) is 424 Å². The van der Waals surface area contributed by atoms with E-state index >= 15 is 0 Å². The lowest BCUT2D eigenvalue weighted by Crippen LogP contribution is -2.61. The molecular formula is C46H76N12O14. The highest BCUT2D eigenvalue weighted by Crippen LogP contribution is 2.14. The molecule has 0 bridgehead atoms. The van der Waals surface area contributed by atoms with Gasteiger partial charge in [0, 0.05) is 6.42 Å². The molecular weight excluding hydrogens is 945 g/mol. The van der Waals surface area contributed by atoms with Gasteiger partial charge in [0.05, 0.1) is 25.8 Å². The lowest BCUT2D eigenvalue weighted by Gasteiger charge is -2.29. The van der Waals surface area contributed by atoms with E-state index in [1.165, 1.54) is 38.1 Å². The number of unbranched alkanes of at least 4 members (excludes halogenated alkanes) is 2. The molecule has 2 rings (SSSR count). The predicted molar refractivity (Wildman–Crippen MR) is 260 cm³/mol. The smallest absolute Gasteiger partial charge is 0.328 e. The van der Waals surface area contributed by atoms with Crippen LogP contribution in [0.3, 0.4) is 0 Å². The normalized spacial score (nSPS) is 16.9. The van der Waals surface area contributed by atoms with Crippen molar-refractivity contribution < 1.29 is 68.4 Å². The minimum atomic E-state index is -1.67. The molecule has 1 aliphatic rings. The number of nitrogens with two attached hydrogens (primary N) is 2. The molecule has 1 fully saturated rings. The summed E-state index contributed by atoms with van der Waals surface area (Å²) in [6, 6.07) is -5.66. The fraction of sp³-hybridized carbons (Fsp3) is 0.652. The molecule has 10 atom stereocenters. The van der Waals surface area contributed by atoms with Crippen LogP contribution in [0.5, 0.6) is 5.75 Å². The van der Waals surface area contributed by atoms with Crippen LogP contribution in [0.1, 0.15) is 91.0 Å². The van der Waals surface area contributed by atoms with Gasteiger partial charge in [0.2, 0.25) is 53.2 Å². The van der Waals surface area contributed by atoms with Crippen LogP contribution < -0.4 is 64.6 Å². The zero-order chi connectivity index (χ0) is 53.9. The van der Waals surface area contributed by atoms with Gasteiger partial charge in [0.1, 0.15) is 54.1 Å². The molecule has 1 aliphatic heterocycles. The second-order valence-electron chi connectivity index (χ2n) is 17.7. The maximum absolute atomic E-state index is 14.0. The average Bonchev–Trinajstić information content (AvgIpc) is 3.90. The van der Waals surface area contributed by atoms with Gasteiger partial charge in [0.15, 0.2) is 0 Å². The largest absolute Gasteiger partial charge is 0.508 e. The first-order chi connectivity index (χ1) is 34.2. The summed E-state index contributed by atoms with van der Waals surface area (Å²) in [6.45, 7) is 4.81. The Bertz CT molecular complexity index is 1970. The third kappa shape index (κ3) is 21.5. The number of aliphatic hydroxyl groups is 2. The number of phenols is 1. The van der Waals surface area contributed by atoms with Crippen LogP contribution in [-0.2, 0) is 54.4 Å². The quantitative estimate of drug-likeness (QED) is 0.0294. The molecule has 72 heavy (non-hydrogen) atoms. The Labute approximate surface area is 418 Å². The Balaban J connectivity index is 2.19. The van der Waals surface area contributed by atoms with Gasteiger partial charge in [-0.1, -0.05) is 32.4 Å².